The van der Waals surface area contributed by atoms with Gasteiger partial charge in [-0.05, 0) is 25.1 Å². The number of ether oxygens (including phenoxy) is 1. The van der Waals surface area contributed by atoms with Gasteiger partial charge in [0.15, 0.2) is 5.69 Å². The first kappa shape index (κ1) is 21.0. The molecule has 0 aliphatic carbocycles. The van der Waals surface area contributed by atoms with Crippen LogP contribution in [0.15, 0.2) is 43.1 Å². The van der Waals surface area contributed by atoms with E-state index in [9.17, 15) is 22.8 Å². The van der Waals surface area contributed by atoms with E-state index in [0.29, 0.717) is 11.2 Å². The minimum absolute atomic E-state index is 0.0203. The van der Waals surface area contributed by atoms with Crippen molar-refractivity contribution in [2.45, 2.75) is 26.1 Å². The minimum Gasteiger partial charge on any atom is -0.462 e. The molecule has 1 aromatic carbocycles. The zero-order valence-corrected chi connectivity index (χ0v) is 15.8. The maximum Gasteiger partial charge on any atom is 0.434 e. The summed E-state index contributed by atoms with van der Waals surface area (Å²) >= 11 is 0. The fraction of sp³-hybridized carbons (Fsp3) is 0.278. The van der Waals surface area contributed by atoms with Crippen molar-refractivity contribution in [1.29, 1.82) is 0 Å². The molecule has 0 bridgehead atoms. The molecule has 30 heavy (non-hydrogen) atoms. The van der Waals surface area contributed by atoms with Crippen LogP contribution in [0.3, 0.4) is 0 Å². The van der Waals surface area contributed by atoms with Crippen molar-refractivity contribution >= 4 is 17.6 Å². The van der Waals surface area contributed by atoms with Crippen molar-refractivity contribution < 1.29 is 27.5 Å². The van der Waals surface area contributed by atoms with Gasteiger partial charge in [0.25, 0.3) is 0 Å². The lowest BCUT2D eigenvalue weighted by Gasteiger charge is -2.13. The Labute approximate surface area is 168 Å². The quantitative estimate of drug-likeness (QED) is 0.587. The first-order valence-corrected chi connectivity index (χ1v) is 8.84. The van der Waals surface area contributed by atoms with Gasteiger partial charge in [-0.2, -0.15) is 23.4 Å². The fourth-order valence-corrected chi connectivity index (χ4v) is 2.68. The summed E-state index contributed by atoms with van der Waals surface area (Å²) in [5.41, 5.74) is -1.65. The number of esters is 1. The van der Waals surface area contributed by atoms with E-state index < -0.39 is 23.4 Å². The zero-order chi connectivity index (χ0) is 21.7. The van der Waals surface area contributed by atoms with Gasteiger partial charge in [0.2, 0.25) is 5.91 Å². The molecule has 0 saturated carbocycles. The van der Waals surface area contributed by atoms with Gasteiger partial charge in [0.05, 0.1) is 25.0 Å². The molecule has 0 saturated heterocycles. The molecule has 0 aliphatic heterocycles. The second kappa shape index (κ2) is 8.76. The van der Waals surface area contributed by atoms with Crippen molar-refractivity contribution in [2.24, 2.45) is 0 Å². The maximum atomic E-state index is 13.6. The van der Waals surface area contributed by atoms with Gasteiger partial charge >= 0.3 is 12.1 Å². The van der Waals surface area contributed by atoms with E-state index in [4.69, 9.17) is 0 Å². The summed E-state index contributed by atoms with van der Waals surface area (Å²) in [6.07, 6.45) is -1.14. The molecule has 3 rings (SSSR count). The highest BCUT2D eigenvalue weighted by Crippen LogP contribution is 2.34. The Kier molecular flexibility index (Phi) is 6.14. The van der Waals surface area contributed by atoms with Crippen molar-refractivity contribution in [3.63, 3.8) is 0 Å². The van der Waals surface area contributed by atoms with Gasteiger partial charge in [-0.3, -0.25) is 9.48 Å². The summed E-state index contributed by atoms with van der Waals surface area (Å²) in [5, 5.41) is 10.2. The van der Waals surface area contributed by atoms with Crippen LogP contribution in [-0.2, 0) is 22.3 Å². The average molecular weight is 422 g/mol. The lowest BCUT2D eigenvalue weighted by molar-refractivity contribution is -0.143. The monoisotopic (exact) mass is 422 g/mol. The van der Waals surface area contributed by atoms with Gasteiger partial charge in [-0.15, -0.1) is 0 Å². The van der Waals surface area contributed by atoms with Crippen LogP contribution in [0.2, 0.25) is 0 Å². The molecule has 2 aromatic heterocycles. The SMILES string of the molecule is CCOC(=O)c1cnn(-c2cccc(NC(=O)CCn3cncn3)c2)c1C(F)(F)F. The van der Waals surface area contributed by atoms with Gasteiger partial charge in [0.1, 0.15) is 18.2 Å². The molecule has 1 amide bonds. The number of nitrogens with zero attached hydrogens (tertiary/aromatic N) is 5. The number of hydrogen-bond donors (Lipinski definition) is 1. The highest BCUT2D eigenvalue weighted by atomic mass is 19.4. The first-order chi connectivity index (χ1) is 14.3. The normalized spacial score (nSPS) is 11.3. The van der Waals surface area contributed by atoms with E-state index in [1.807, 2.05) is 0 Å². The van der Waals surface area contributed by atoms with E-state index in [1.54, 1.807) is 0 Å². The third-order valence-corrected chi connectivity index (χ3v) is 3.94. The van der Waals surface area contributed by atoms with E-state index in [0.717, 1.165) is 6.20 Å². The van der Waals surface area contributed by atoms with E-state index in [1.165, 1.54) is 48.5 Å². The second-order valence-corrected chi connectivity index (χ2v) is 6.04. The molecule has 0 radical (unpaired) electrons. The number of alkyl halides is 3. The number of carbonyl (C=O) groups excluding carboxylic acids is 2. The number of aromatic nitrogens is 5. The number of halogens is 3. The first-order valence-electron chi connectivity index (χ1n) is 8.84. The summed E-state index contributed by atoms with van der Waals surface area (Å²) in [4.78, 5) is 27.8. The molecule has 0 atom stereocenters. The number of benzene rings is 1. The van der Waals surface area contributed by atoms with Gasteiger partial charge < -0.3 is 10.1 Å². The van der Waals surface area contributed by atoms with Gasteiger partial charge in [-0.1, -0.05) is 6.07 Å². The van der Waals surface area contributed by atoms with Crippen LogP contribution in [0.25, 0.3) is 5.69 Å². The van der Waals surface area contributed by atoms with Gasteiger partial charge in [0, 0.05) is 12.1 Å². The molecular formula is C18H17F3N6O3. The Morgan fingerprint density at radius 3 is 2.70 bits per heavy atom. The molecule has 3 aromatic rings. The van der Waals surface area contributed by atoms with E-state index in [2.05, 4.69) is 25.2 Å². The van der Waals surface area contributed by atoms with Crippen LogP contribution in [-0.4, -0.2) is 43.0 Å². The Balaban J connectivity index is 1.83. The lowest BCUT2D eigenvalue weighted by atomic mass is 10.2. The number of hydrogen-bond acceptors (Lipinski definition) is 6. The van der Waals surface area contributed by atoms with Crippen molar-refractivity contribution in [3.8, 4) is 5.69 Å². The van der Waals surface area contributed by atoms with Crippen LogP contribution < -0.4 is 5.32 Å². The summed E-state index contributed by atoms with van der Waals surface area (Å²) in [6, 6.07) is 5.70. The van der Waals surface area contributed by atoms with E-state index >= 15 is 0 Å². The highest BCUT2D eigenvalue weighted by molar-refractivity contribution is 5.91. The molecule has 0 fully saturated rings. The average Bonchev–Trinajstić information content (AvgIpc) is 3.36. The molecule has 1 N–H and O–H groups in total. The third kappa shape index (κ3) is 4.82. The maximum absolute atomic E-state index is 13.6. The smallest absolute Gasteiger partial charge is 0.434 e. The largest absolute Gasteiger partial charge is 0.462 e. The van der Waals surface area contributed by atoms with Crippen LogP contribution in [0.4, 0.5) is 18.9 Å². The Bertz CT molecular complexity index is 1030. The fourth-order valence-electron chi connectivity index (χ4n) is 2.68. The second-order valence-electron chi connectivity index (χ2n) is 6.04. The number of amides is 1. The molecule has 2 heterocycles. The zero-order valence-electron chi connectivity index (χ0n) is 15.8. The summed E-state index contributed by atoms with van der Waals surface area (Å²) in [6.45, 7) is 1.72. The summed E-state index contributed by atoms with van der Waals surface area (Å²) in [5.74, 6) is -1.47. The Hall–Kier alpha value is -3.70. The molecular weight excluding hydrogens is 405 g/mol. The van der Waals surface area contributed by atoms with Crippen LogP contribution in [0.5, 0.6) is 0 Å². The van der Waals surface area contributed by atoms with Gasteiger partial charge in [-0.25, -0.2) is 14.5 Å². The Morgan fingerprint density at radius 2 is 2.03 bits per heavy atom. The minimum atomic E-state index is -4.85. The number of rotatable bonds is 7. The summed E-state index contributed by atoms with van der Waals surface area (Å²) in [7, 11) is 0. The summed E-state index contributed by atoms with van der Waals surface area (Å²) < 4.78 is 47.6. The van der Waals surface area contributed by atoms with Crippen molar-refractivity contribution in [3.05, 3.63) is 54.4 Å². The molecule has 12 heteroatoms. The third-order valence-electron chi connectivity index (χ3n) is 3.94. The predicted octanol–water partition coefficient (Wildman–Crippen LogP) is 2.69. The standard InChI is InChI=1S/C18H17F3N6O3/c1-2-30-17(29)14-9-23-27(16(14)18(19,20)21)13-5-3-4-12(8-13)25-15(28)6-7-26-11-22-10-24-26/h3-5,8-11H,2,6-7H2,1H3,(H,25,28). The number of nitrogens with one attached hydrogen (secondary N) is 1. The Morgan fingerprint density at radius 1 is 1.23 bits per heavy atom. The number of carbonyl (C=O) groups is 2. The molecule has 0 spiro atoms. The highest BCUT2D eigenvalue weighted by Gasteiger charge is 2.41. The van der Waals surface area contributed by atoms with Crippen LogP contribution in [0, 0.1) is 0 Å². The number of aryl methyl sites for hydroxylation is 1. The van der Waals surface area contributed by atoms with E-state index in [-0.39, 0.29) is 30.3 Å². The predicted molar refractivity (Wildman–Crippen MR) is 97.8 cm³/mol. The number of anilines is 1. The molecule has 0 aliphatic rings. The topological polar surface area (TPSA) is 104 Å². The molecule has 158 valence electrons. The molecule has 0 unspecified atom stereocenters. The lowest BCUT2D eigenvalue weighted by Crippen LogP contribution is -2.19. The van der Waals surface area contributed by atoms with Crippen LogP contribution in [0.1, 0.15) is 29.4 Å². The van der Waals surface area contributed by atoms with Crippen molar-refractivity contribution in [2.75, 3.05) is 11.9 Å². The van der Waals surface area contributed by atoms with Crippen LogP contribution >= 0.6 is 0 Å². The van der Waals surface area contributed by atoms with Crippen molar-refractivity contribution in [1.82, 2.24) is 24.5 Å². The molecule has 9 nitrogen and oxygen atoms in total.